The van der Waals surface area contributed by atoms with E-state index in [1.54, 1.807) is 4.90 Å². The molecule has 0 aromatic heterocycles. The fraction of sp³-hybridized carbons (Fsp3) is 0.909. The van der Waals surface area contributed by atoms with Crippen molar-refractivity contribution in [2.45, 2.75) is 38.7 Å². The minimum Gasteiger partial charge on any atom is -0.393 e. The van der Waals surface area contributed by atoms with Crippen molar-refractivity contribution in [3.05, 3.63) is 0 Å². The molecule has 0 atom stereocenters. The number of unbranched alkanes of at least 4 members (excludes halogenated alkanes) is 1. The lowest BCUT2D eigenvalue weighted by atomic mass is 9.82. The maximum Gasteiger partial charge on any atom is 0.317 e. The highest BCUT2D eigenvalue weighted by molar-refractivity contribution is 5.73. The van der Waals surface area contributed by atoms with E-state index in [2.05, 4.69) is 12.2 Å². The van der Waals surface area contributed by atoms with Crippen LogP contribution in [-0.2, 0) is 0 Å². The molecule has 1 rings (SSSR count). The largest absolute Gasteiger partial charge is 0.393 e. The molecule has 0 aromatic carbocycles. The van der Waals surface area contributed by atoms with Crippen LogP contribution in [0.1, 0.15) is 32.6 Å². The number of hydrogen-bond donors (Lipinski definition) is 2. The van der Waals surface area contributed by atoms with Crippen molar-refractivity contribution in [3.8, 4) is 0 Å². The molecule has 15 heavy (non-hydrogen) atoms. The lowest BCUT2D eigenvalue weighted by molar-refractivity contribution is 0.0325. The van der Waals surface area contributed by atoms with Crippen LogP contribution in [0.4, 0.5) is 4.79 Å². The fourth-order valence-corrected chi connectivity index (χ4v) is 1.83. The number of aliphatic hydroxyl groups excluding tert-OH is 1. The molecule has 0 radical (unpaired) electrons. The number of amides is 2. The first-order valence-corrected chi connectivity index (χ1v) is 5.80. The molecule has 1 aliphatic carbocycles. The second-order valence-corrected chi connectivity index (χ2v) is 4.46. The van der Waals surface area contributed by atoms with Gasteiger partial charge in [0.25, 0.3) is 0 Å². The minimum absolute atomic E-state index is 0.00448. The van der Waals surface area contributed by atoms with Gasteiger partial charge in [0.15, 0.2) is 0 Å². The van der Waals surface area contributed by atoms with Crippen LogP contribution < -0.4 is 5.32 Å². The van der Waals surface area contributed by atoms with E-state index in [9.17, 15) is 4.79 Å². The van der Waals surface area contributed by atoms with Crippen molar-refractivity contribution in [3.63, 3.8) is 0 Å². The van der Waals surface area contributed by atoms with Crippen molar-refractivity contribution in [2.24, 2.45) is 5.92 Å². The highest BCUT2D eigenvalue weighted by atomic mass is 16.3. The van der Waals surface area contributed by atoms with Crippen LogP contribution in [0, 0.1) is 5.92 Å². The maximum absolute atomic E-state index is 11.5. The summed E-state index contributed by atoms with van der Waals surface area (Å²) >= 11 is 0. The standard InChI is InChI=1S/C11H22N2O2/c1-3-4-5-12-11(15)13(2)8-9-6-10(14)7-9/h9-10,14H,3-8H2,1-2H3,(H,12,15). The zero-order valence-corrected chi connectivity index (χ0v) is 9.70. The van der Waals surface area contributed by atoms with Crippen LogP contribution in [0.25, 0.3) is 0 Å². The molecule has 2 N–H and O–H groups in total. The quantitative estimate of drug-likeness (QED) is 0.676. The summed E-state index contributed by atoms with van der Waals surface area (Å²) < 4.78 is 0. The number of carbonyl (C=O) groups is 1. The summed E-state index contributed by atoms with van der Waals surface area (Å²) in [5, 5.41) is 12.0. The predicted molar refractivity (Wildman–Crippen MR) is 59.7 cm³/mol. The van der Waals surface area contributed by atoms with Gasteiger partial charge in [-0.05, 0) is 25.2 Å². The molecular formula is C11H22N2O2. The van der Waals surface area contributed by atoms with Gasteiger partial charge in [-0.3, -0.25) is 0 Å². The lowest BCUT2D eigenvalue weighted by Gasteiger charge is -2.34. The number of nitrogens with zero attached hydrogens (tertiary/aromatic N) is 1. The summed E-state index contributed by atoms with van der Waals surface area (Å²) in [5.74, 6) is 0.488. The van der Waals surface area contributed by atoms with E-state index in [-0.39, 0.29) is 12.1 Å². The number of rotatable bonds is 5. The number of carbonyl (C=O) groups excluding carboxylic acids is 1. The van der Waals surface area contributed by atoms with Gasteiger partial charge in [-0.25, -0.2) is 4.79 Å². The predicted octanol–water partition coefficient (Wildman–Crippen LogP) is 1.20. The maximum atomic E-state index is 11.5. The lowest BCUT2D eigenvalue weighted by Crippen LogP contribution is -2.43. The Bertz CT molecular complexity index is 203. The Morgan fingerprint density at radius 1 is 1.53 bits per heavy atom. The average molecular weight is 214 g/mol. The van der Waals surface area contributed by atoms with Crippen molar-refractivity contribution in [2.75, 3.05) is 20.1 Å². The van der Waals surface area contributed by atoms with Crippen LogP contribution in [-0.4, -0.2) is 42.3 Å². The molecule has 4 heteroatoms. The van der Waals surface area contributed by atoms with Gasteiger partial charge < -0.3 is 15.3 Å². The molecule has 0 saturated heterocycles. The van der Waals surface area contributed by atoms with Gasteiger partial charge in [0.2, 0.25) is 0 Å². The molecule has 2 amide bonds. The Balaban J connectivity index is 2.10. The van der Waals surface area contributed by atoms with E-state index >= 15 is 0 Å². The molecule has 0 aromatic rings. The number of aliphatic hydroxyl groups is 1. The van der Waals surface area contributed by atoms with E-state index in [4.69, 9.17) is 5.11 Å². The number of urea groups is 1. The van der Waals surface area contributed by atoms with E-state index < -0.39 is 0 Å². The normalized spacial score (nSPS) is 24.5. The van der Waals surface area contributed by atoms with E-state index in [0.717, 1.165) is 38.8 Å². The van der Waals surface area contributed by atoms with Crippen LogP contribution >= 0.6 is 0 Å². The first-order chi connectivity index (χ1) is 7.13. The molecule has 1 aliphatic rings. The smallest absolute Gasteiger partial charge is 0.317 e. The summed E-state index contributed by atoms with van der Waals surface area (Å²) in [5.41, 5.74) is 0. The zero-order chi connectivity index (χ0) is 11.3. The highest BCUT2D eigenvalue weighted by Gasteiger charge is 2.28. The summed E-state index contributed by atoms with van der Waals surface area (Å²) in [6.45, 7) is 3.62. The number of hydrogen-bond acceptors (Lipinski definition) is 2. The van der Waals surface area contributed by atoms with Crippen LogP contribution in [0.5, 0.6) is 0 Å². The molecule has 4 nitrogen and oxygen atoms in total. The van der Waals surface area contributed by atoms with Gasteiger partial charge in [0.1, 0.15) is 0 Å². The molecular weight excluding hydrogens is 192 g/mol. The van der Waals surface area contributed by atoms with Gasteiger partial charge in [0, 0.05) is 20.1 Å². The second-order valence-electron chi connectivity index (χ2n) is 4.46. The highest BCUT2D eigenvalue weighted by Crippen LogP contribution is 2.27. The van der Waals surface area contributed by atoms with E-state index in [1.165, 1.54) is 0 Å². The Morgan fingerprint density at radius 2 is 2.20 bits per heavy atom. The molecule has 88 valence electrons. The topological polar surface area (TPSA) is 52.6 Å². The first-order valence-electron chi connectivity index (χ1n) is 5.80. The number of nitrogens with one attached hydrogen (secondary N) is 1. The van der Waals surface area contributed by atoms with Gasteiger partial charge in [0.05, 0.1) is 6.10 Å². The summed E-state index contributed by atoms with van der Waals surface area (Å²) in [6.07, 6.45) is 3.67. The van der Waals surface area contributed by atoms with Crippen LogP contribution in [0.2, 0.25) is 0 Å². The molecule has 1 saturated carbocycles. The van der Waals surface area contributed by atoms with Gasteiger partial charge in [-0.15, -0.1) is 0 Å². The zero-order valence-electron chi connectivity index (χ0n) is 9.70. The summed E-state index contributed by atoms with van der Waals surface area (Å²) in [4.78, 5) is 13.2. The van der Waals surface area contributed by atoms with E-state index in [0.29, 0.717) is 5.92 Å². The molecule has 0 aliphatic heterocycles. The third-order valence-corrected chi connectivity index (χ3v) is 2.90. The fourth-order valence-electron chi connectivity index (χ4n) is 1.83. The van der Waals surface area contributed by atoms with Crippen molar-refractivity contribution in [1.82, 2.24) is 10.2 Å². The van der Waals surface area contributed by atoms with Crippen molar-refractivity contribution >= 4 is 6.03 Å². The van der Waals surface area contributed by atoms with Gasteiger partial charge >= 0.3 is 6.03 Å². The Hall–Kier alpha value is -0.770. The summed E-state index contributed by atoms with van der Waals surface area (Å²) in [7, 11) is 1.81. The molecule has 0 spiro atoms. The monoisotopic (exact) mass is 214 g/mol. The van der Waals surface area contributed by atoms with Crippen LogP contribution in [0.3, 0.4) is 0 Å². The third-order valence-electron chi connectivity index (χ3n) is 2.90. The second kappa shape index (κ2) is 5.95. The minimum atomic E-state index is -0.133. The van der Waals surface area contributed by atoms with Crippen molar-refractivity contribution < 1.29 is 9.90 Å². The average Bonchev–Trinajstić information content (AvgIpc) is 2.15. The Labute approximate surface area is 91.6 Å². The Morgan fingerprint density at radius 3 is 2.73 bits per heavy atom. The van der Waals surface area contributed by atoms with Gasteiger partial charge in [-0.2, -0.15) is 0 Å². The SMILES string of the molecule is CCCCNC(=O)N(C)CC1CC(O)C1. The Kier molecular flexibility index (Phi) is 4.88. The van der Waals surface area contributed by atoms with E-state index in [1.807, 2.05) is 7.05 Å². The molecule has 1 fully saturated rings. The third kappa shape index (κ3) is 4.08. The van der Waals surface area contributed by atoms with Crippen LogP contribution in [0.15, 0.2) is 0 Å². The molecule has 0 heterocycles. The van der Waals surface area contributed by atoms with Gasteiger partial charge in [-0.1, -0.05) is 13.3 Å². The van der Waals surface area contributed by atoms with Crippen molar-refractivity contribution in [1.29, 1.82) is 0 Å². The summed E-state index contributed by atoms with van der Waals surface area (Å²) in [6, 6.07) is 0.00448. The molecule has 0 bridgehead atoms. The first kappa shape index (κ1) is 12.3. The molecule has 0 unspecified atom stereocenters.